The number of para-hydroxylation sites is 1. The predicted molar refractivity (Wildman–Crippen MR) is 115 cm³/mol. The number of imidazole rings is 1. The molecular formula is C24H24N2O2S. The molecule has 2 atom stereocenters. The second-order valence-corrected chi connectivity index (χ2v) is 9.11. The number of aromatic nitrogens is 2. The molecule has 0 radical (unpaired) electrons. The maximum atomic E-state index is 12.0. The van der Waals surface area contributed by atoms with E-state index in [2.05, 4.69) is 30.3 Å². The van der Waals surface area contributed by atoms with Gasteiger partial charge in [-0.25, -0.2) is 9.78 Å². The zero-order chi connectivity index (χ0) is 19.8. The van der Waals surface area contributed by atoms with Crippen LogP contribution in [0.4, 0.5) is 0 Å². The zero-order valence-corrected chi connectivity index (χ0v) is 17.0. The van der Waals surface area contributed by atoms with E-state index in [4.69, 9.17) is 4.98 Å². The maximum absolute atomic E-state index is 12.0. The Morgan fingerprint density at radius 1 is 0.966 bits per heavy atom. The number of rotatable bonds is 4. The average Bonchev–Trinajstić information content (AvgIpc) is 3.32. The molecule has 1 fully saturated rings. The van der Waals surface area contributed by atoms with Crippen molar-refractivity contribution >= 4 is 17.7 Å². The summed E-state index contributed by atoms with van der Waals surface area (Å²) in [5.41, 5.74) is 3.15. The quantitative estimate of drug-likeness (QED) is 0.572. The Bertz CT molecular complexity index is 1010. The van der Waals surface area contributed by atoms with Crippen LogP contribution < -0.4 is 0 Å². The summed E-state index contributed by atoms with van der Waals surface area (Å²) in [4.78, 5) is 16.8. The molecule has 1 aliphatic heterocycles. The van der Waals surface area contributed by atoms with Crippen LogP contribution in [0.25, 0.3) is 5.69 Å². The number of hydrogen-bond donors (Lipinski definition) is 1. The van der Waals surface area contributed by atoms with Gasteiger partial charge in [0.15, 0.2) is 0 Å². The lowest BCUT2D eigenvalue weighted by atomic mass is 9.76. The predicted octanol–water partition coefficient (Wildman–Crippen LogP) is 6.08. The molecule has 29 heavy (non-hydrogen) atoms. The van der Waals surface area contributed by atoms with E-state index in [0.717, 1.165) is 16.4 Å². The molecule has 5 rings (SSSR count). The second-order valence-electron chi connectivity index (χ2n) is 7.97. The fourth-order valence-corrected chi connectivity index (χ4v) is 6.56. The van der Waals surface area contributed by atoms with Crippen LogP contribution in [0.1, 0.15) is 65.1 Å². The second kappa shape index (κ2) is 7.71. The third kappa shape index (κ3) is 3.27. The van der Waals surface area contributed by atoms with Gasteiger partial charge in [-0.15, -0.1) is 0 Å². The largest absolute Gasteiger partial charge is 0.475 e. The Labute approximate surface area is 175 Å². The van der Waals surface area contributed by atoms with Gasteiger partial charge < -0.3 is 5.11 Å². The molecular weight excluding hydrogens is 380 g/mol. The van der Waals surface area contributed by atoms with Crippen molar-refractivity contribution in [3.63, 3.8) is 0 Å². The first-order valence-corrected chi connectivity index (χ1v) is 11.2. The highest BCUT2D eigenvalue weighted by Gasteiger charge is 2.44. The Balaban J connectivity index is 1.66. The summed E-state index contributed by atoms with van der Waals surface area (Å²) in [5, 5.41) is 11.2. The van der Waals surface area contributed by atoms with Crippen molar-refractivity contribution in [2.45, 2.75) is 48.3 Å². The van der Waals surface area contributed by atoms with Gasteiger partial charge in [0.2, 0.25) is 5.82 Å². The van der Waals surface area contributed by atoms with Gasteiger partial charge in [0, 0.05) is 16.9 Å². The fraction of sp³-hybridized carbons (Fsp3) is 0.333. The molecule has 0 amide bonds. The number of benzene rings is 2. The SMILES string of the molecule is O=C(O)c1nc2c(n1-c1ccccc1)SC(c1ccccc1)C2C1CCCCC1. The van der Waals surface area contributed by atoms with Crippen LogP contribution in [-0.4, -0.2) is 20.6 Å². The first-order valence-electron chi connectivity index (χ1n) is 10.4. The summed E-state index contributed by atoms with van der Waals surface area (Å²) in [6, 6.07) is 20.4. The van der Waals surface area contributed by atoms with Crippen molar-refractivity contribution in [3.05, 3.63) is 77.7 Å². The summed E-state index contributed by atoms with van der Waals surface area (Å²) >= 11 is 1.79. The Morgan fingerprint density at radius 2 is 1.62 bits per heavy atom. The molecule has 2 heterocycles. The number of carboxylic acid groups (broad SMARTS) is 1. The first kappa shape index (κ1) is 18.5. The lowest BCUT2D eigenvalue weighted by Crippen LogP contribution is -2.19. The third-order valence-electron chi connectivity index (χ3n) is 6.23. The molecule has 1 saturated carbocycles. The molecule has 0 spiro atoms. The number of aromatic carboxylic acids is 1. The highest BCUT2D eigenvalue weighted by Crippen LogP contribution is 2.59. The molecule has 2 aliphatic rings. The van der Waals surface area contributed by atoms with Crippen molar-refractivity contribution in [1.29, 1.82) is 0 Å². The van der Waals surface area contributed by atoms with Gasteiger partial charge in [0.1, 0.15) is 5.03 Å². The fourth-order valence-electron chi connectivity index (χ4n) is 4.93. The maximum Gasteiger partial charge on any atom is 0.372 e. The Kier molecular flexibility index (Phi) is 4.92. The van der Waals surface area contributed by atoms with Gasteiger partial charge in [0.25, 0.3) is 0 Å². The van der Waals surface area contributed by atoms with Crippen LogP contribution in [0.15, 0.2) is 65.7 Å². The number of thioether (sulfide) groups is 1. The standard InChI is InChI=1S/C24H24N2O2S/c27-24(28)22-25-20-19(16-10-4-1-5-11-16)21(17-12-6-2-7-13-17)29-23(20)26(22)18-14-8-3-9-15-18/h2-3,6-9,12-16,19,21H,1,4-5,10-11H2,(H,27,28). The van der Waals surface area contributed by atoms with Crippen LogP contribution in [0.5, 0.6) is 0 Å². The monoisotopic (exact) mass is 404 g/mol. The van der Waals surface area contributed by atoms with Crippen molar-refractivity contribution < 1.29 is 9.90 Å². The number of nitrogens with zero attached hydrogens (tertiary/aromatic N) is 2. The molecule has 2 aromatic carbocycles. The van der Waals surface area contributed by atoms with Crippen molar-refractivity contribution in [2.75, 3.05) is 0 Å². The summed E-state index contributed by atoms with van der Waals surface area (Å²) in [6.45, 7) is 0. The number of carboxylic acids is 1. The molecule has 3 aromatic rings. The lowest BCUT2D eigenvalue weighted by Gasteiger charge is -2.31. The minimum Gasteiger partial charge on any atom is -0.475 e. The Morgan fingerprint density at radius 3 is 2.28 bits per heavy atom. The summed E-state index contributed by atoms with van der Waals surface area (Å²) in [6.07, 6.45) is 6.23. The summed E-state index contributed by atoms with van der Waals surface area (Å²) in [7, 11) is 0. The van der Waals surface area contributed by atoms with Crippen LogP contribution in [0, 0.1) is 5.92 Å². The van der Waals surface area contributed by atoms with Crippen LogP contribution in [0.2, 0.25) is 0 Å². The molecule has 0 saturated heterocycles. The number of carbonyl (C=O) groups is 1. The van der Waals surface area contributed by atoms with E-state index in [1.165, 1.54) is 37.7 Å². The minimum absolute atomic E-state index is 0.126. The van der Waals surface area contributed by atoms with Crippen molar-refractivity contribution in [1.82, 2.24) is 9.55 Å². The minimum atomic E-state index is -0.970. The molecule has 1 aliphatic carbocycles. The normalized spacial score (nSPS) is 21.8. The van der Waals surface area contributed by atoms with E-state index in [1.54, 1.807) is 11.8 Å². The average molecular weight is 405 g/mol. The molecule has 0 bridgehead atoms. The van der Waals surface area contributed by atoms with Gasteiger partial charge in [-0.2, -0.15) is 0 Å². The van der Waals surface area contributed by atoms with E-state index in [0.29, 0.717) is 5.92 Å². The van der Waals surface area contributed by atoms with Crippen LogP contribution >= 0.6 is 11.8 Å². The van der Waals surface area contributed by atoms with E-state index in [-0.39, 0.29) is 17.0 Å². The van der Waals surface area contributed by atoms with Gasteiger partial charge in [0.05, 0.1) is 5.69 Å². The third-order valence-corrected chi connectivity index (χ3v) is 7.67. The van der Waals surface area contributed by atoms with E-state index >= 15 is 0 Å². The smallest absolute Gasteiger partial charge is 0.372 e. The Hall–Kier alpha value is -2.53. The molecule has 2 unspecified atom stereocenters. The van der Waals surface area contributed by atoms with E-state index in [9.17, 15) is 9.90 Å². The van der Waals surface area contributed by atoms with Gasteiger partial charge in [-0.1, -0.05) is 79.6 Å². The van der Waals surface area contributed by atoms with Gasteiger partial charge in [-0.05, 0) is 36.5 Å². The molecule has 1 N–H and O–H groups in total. The molecule has 5 heteroatoms. The van der Waals surface area contributed by atoms with E-state index in [1.807, 2.05) is 34.9 Å². The van der Waals surface area contributed by atoms with E-state index < -0.39 is 5.97 Å². The topological polar surface area (TPSA) is 55.1 Å². The van der Waals surface area contributed by atoms with Gasteiger partial charge in [-0.3, -0.25) is 4.57 Å². The molecule has 148 valence electrons. The molecule has 1 aromatic heterocycles. The number of hydrogen-bond acceptors (Lipinski definition) is 3. The van der Waals surface area contributed by atoms with Crippen LogP contribution in [-0.2, 0) is 0 Å². The van der Waals surface area contributed by atoms with Crippen LogP contribution in [0.3, 0.4) is 0 Å². The lowest BCUT2D eigenvalue weighted by molar-refractivity contribution is 0.0680. The number of fused-ring (bicyclic) bond motifs is 1. The first-order chi connectivity index (χ1) is 14.2. The molecule has 4 nitrogen and oxygen atoms in total. The zero-order valence-electron chi connectivity index (χ0n) is 16.2. The highest BCUT2D eigenvalue weighted by atomic mass is 32.2. The highest BCUT2D eigenvalue weighted by molar-refractivity contribution is 7.99. The van der Waals surface area contributed by atoms with Crippen molar-refractivity contribution in [3.8, 4) is 5.69 Å². The summed E-state index contributed by atoms with van der Waals surface area (Å²) in [5.74, 6) is -0.0206. The van der Waals surface area contributed by atoms with Gasteiger partial charge >= 0.3 is 5.97 Å². The summed E-state index contributed by atoms with van der Waals surface area (Å²) < 4.78 is 1.85. The van der Waals surface area contributed by atoms with Crippen molar-refractivity contribution in [2.24, 2.45) is 5.92 Å².